The van der Waals surface area contributed by atoms with Crippen LogP contribution in [0.15, 0.2) is 18.2 Å². The summed E-state index contributed by atoms with van der Waals surface area (Å²) in [6.07, 6.45) is 3.81. The van der Waals surface area contributed by atoms with Gasteiger partial charge < -0.3 is 14.8 Å². The number of aryl methyl sites for hydroxylation is 1. The van der Waals surface area contributed by atoms with Gasteiger partial charge >= 0.3 is 5.97 Å². The molecule has 2 N–H and O–H groups in total. The molecule has 1 heterocycles. The summed E-state index contributed by atoms with van der Waals surface area (Å²) in [7, 11) is 0. The Labute approximate surface area is 124 Å². The minimum Gasteiger partial charge on any atom is -0.478 e. The zero-order valence-corrected chi connectivity index (χ0v) is 12.3. The molecule has 2 aromatic rings. The van der Waals surface area contributed by atoms with Crippen LogP contribution in [-0.4, -0.2) is 27.4 Å². The summed E-state index contributed by atoms with van der Waals surface area (Å²) >= 11 is 0. The van der Waals surface area contributed by atoms with Crippen LogP contribution in [0.1, 0.15) is 41.4 Å². The second kappa shape index (κ2) is 5.53. The largest absolute Gasteiger partial charge is 0.478 e. The summed E-state index contributed by atoms with van der Waals surface area (Å²) in [4.78, 5) is 11.6. The third-order valence-electron chi connectivity index (χ3n) is 4.50. The van der Waals surface area contributed by atoms with E-state index in [1.807, 2.05) is 12.1 Å². The van der Waals surface area contributed by atoms with Crippen molar-refractivity contribution in [1.29, 1.82) is 0 Å². The van der Waals surface area contributed by atoms with Gasteiger partial charge in [-0.05, 0) is 43.2 Å². The van der Waals surface area contributed by atoms with Gasteiger partial charge in [-0.2, -0.15) is 0 Å². The van der Waals surface area contributed by atoms with E-state index in [1.54, 1.807) is 6.07 Å². The van der Waals surface area contributed by atoms with Gasteiger partial charge in [0.25, 0.3) is 0 Å². The number of aromatic carboxylic acids is 1. The Kier molecular flexibility index (Phi) is 3.72. The van der Waals surface area contributed by atoms with E-state index in [1.165, 1.54) is 11.3 Å². The zero-order valence-electron chi connectivity index (χ0n) is 12.3. The number of para-hydroxylation sites is 1. The standard InChI is InChI=1S/C17H21NO3/c1-11-6-7-15-14(10-11)12-4-2-5-13(17(20)21)16(12)18(15)8-3-9-19/h2,4-5,11,19H,3,6-10H2,1H3,(H,20,21). The van der Waals surface area contributed by atoms with Crippen LogP contribution in [0.25, 0.3) is 10.9 Å². The first-order valence-corrected chi connectivity index (χ1v) is 7.60. The third-order valence-corrected chi connectivity index (χ3v) is 4.50. The number of carbonyl (C=O) groups is 1. The van der Waals surface area contributed by atoms with Crippen molar-refractivity contribution in [2.75, 3.05) is 6.61 Å². The quantitative estimate of drug-likeness (QED) is 0.909. The molecule has 1 atom stereocenters. The number of aliphatic hydroxyl groups is 1. The summed E-state index contributed by atoms with van der Waals surface area (Å²) in [5, 5.41) is 19.7. The van der Waals surface area contributed by atoms with Gasteiger partial charge in [0.15, 0.2) is 0 Å². The summed E-state index contributed by atoms with van der Waals surface area (Å²) in [6, 6.07) is 5.55. The number of hydrogen-bond donors (Lipinski definition) is 2. The fourth-order valence-electron chi connectivity index (χ4n) is 3.53. The van der Waals surface area contributed by atoms with Gasteiger partial charge in [-0.1, -0.05) is 19.1 Å². The monoisotopic (exact) mass is 287 g/mol. The van der Waals surface area contributed by atoms with Crippen molar-refractivity contribution < 1.29 is 15.0 Å². The number of nitrogens with zero attached hydrogens (tertiary/aromatic N) is 1. The summed E-state index contributed by atoms with van der Waals surface area (Å²) in [5.74, 6) is -0.239. The van der Waals surface area contributed by atoms with E-state index < -0.39 is 5.97 Å². The smallest absolute Gasteiger partial charge is 0.337 e. The predicted molar refractivity (Wildman–Crippen MR) is 81.8 cm³/mol. The van der Waals surface area contributed by atoms with Gasteiger partial charge in [0.2, 0.25) is 0 Å². The molecule has 1 aromatic carbocycles. The number of fused-ring (bicyclic) bond motifs is 3. The molecule has 1 unspecified atom stereocenters. The first-order chi connectivity index (χ1) is 10.1. The van der Waals surface area contributed by atoms with Crippen LogP contribution in [0, 0.1) is 5.92 Å². The molecule has 0 spiro atoms. The van der Waals surface area contributed by atoms with E-state index >= 15 is 0 Å². The average Bonchev–Trinajstić information content (AvgIpc) is 2.78. The predicted octanol–water partition coefficient (Wildman–Crippen LogP) is 2.85. The highest BCUT2D eigenvalue weighted by Crippen LogP contribution is 2.35. The van der Waals surface area contributed by atoms with Crippen molar-refractivity contribution >= 4 is 16.9 Å². The molecular formula is C17H21NO3. The van der Waals surface area contributed by atoms with Crippen molar-refractivity contribution in [2.24, 2.45) is 5.92 Å². The molecule has 1 aromatic heterocycles. The normalized spacial score (nSPS) is 17.9. The molecule has 0 aliphatic heterocycles. The number of carboxylic acids is 1. The molecule has 4 heteroatoms. The van der Waals surface area contributed by atoms with Gasteiger partial charge in [0.05, 0.1) is 11.1 Å². The molecule has 0 radical (unpaired) electrons. The Morgan fingerprint density at radius 3 is 2.95 bits per heavy atom. The van der Waals surface area contributed by atoms with Gasteiger partial charge in [-0.15, -0.1) is 0 Å². The van der Waals surface area contributed by atoms with Gasteiger partial charge in [-0.3, -0.25) is 0 Å². The fraction of sp³-hybridized carbons (Fsp3) is 0.471. The van der Waals surface area contributed by atoms with E-state index in [0.717, 1.165) is 30.2 Å². The molecule has 1 aliphatic carbocycles. The van der Waals surface area contributed by atoms with Gasteiger partial charge in [-0.25, -0.2) is 4.79 Å². The van der Waals surface area contributed by atoms with E-state index in [2.05, 4.69) is 11.5 Å². The van der Waals surface area contributed by atoms with Crippen LogP contribution in [0.3, 0.4) is 0 Å². The molecule has 4 nitrogen and oxygen atoms in total. The first kappa shape index (κ1) is 14.1. The number of aromatic nitrogens is 1. The van der Waals surface area contributed by atoms with Crippen LogP contribution in [0.4, 0.5) is 0 Å². The van der Waals surface area contributed by atoms with Crippen molar-refractivity contribution in [3.05, 3.63) is 35.0 Å². The highest BCUT2D eigenvalue weighted by Gasteiger charge is 2.25. The summed E-state index contributed by atoms with van der Waals surface area (Å²) < 4.78 is 2.14. The molecule has 0 bridgehead atoms. The maximum absolute atomic E-state index is 11.6. The minimum atomic E-state index is -0.881. The molecular weight excluding hydrogens is 266 g/mol. The highest BCUT2D eigenvalue weighted by atomic mass is 16.4. The zero-order chi connectivity index (χ0) is 15.0. The lowest BCUT2D eigenvalue weighted by atomic mass is 9.87. The van der Waals surface area contributed by atoms with Crippen LogP contribution >= 0.6 is 0 Å². The Balaban J connectivity index is 2.27. The lowest BCUT2D eigenvalue weighted by Gasteiger charge is -2.20. The number of aliphatic hydroxyl groups excluding tert-OH is 1. The van der Waals surface area contributed by atoms with Crippen LogP contribution < -0.4 is 0 Å². The number of rotatable bonds is 4. The Morgan fingerprint density at radius 1 is 1.43 bits per heavy atom. The average molecular weight is 287 g/mol. The Hall–Kier alpha value is -1.81. The molecule has 0 fully saturated rings. The van der Waals surface area contributed by atoms with E-state index in [9.17, 15) is 9.90 Å². The molecule has 0 saturated heterocycles. The Morgan fingerprint density at radius 2 is 2.24 bits per heavy atom. The highest BCUT2D eigenvalue weighted by molar-refractivity contribution is 6.04. The number of hydrogen-bond acceptors (Lipinski definition) is 2. The molecule has 3 rings (SSSR count). The van der Waals surface area contributed by atoms with Crippen molar-refractivity contribution in [1.82, 2.24) is 4.57 Å². The Bertz CT molecular complexity index is 687. The number of benzene rings is 1. The van der Waals surface area contributed by atoms with Crippen molar-refractivity contribution in [3.8, 4) is 0 Å². The van der Waals surface area contributed by atoms with E-state index in [-0.39, 0.29) is 6.61 Å². The lowest BCUT2D eigenvalue weighted by molar-refractivity contribution is 0.0698. The van der Waals surface area contributed by atoms with E-state index in [4.69, 9.17) is 5.11 Å². The van der Waals surface area contributed by atoms with Crippen LogP contribution in [-0.2, 0) is 19.4 Å². The fourth-order valence-corrected chi connectivity index (χ4v) is 3.53. The third kappa shape index (κ3) is 2.33. The van der Waals surface area contributed by atoms with Crippen LogP contribution in [0.2, 0.25) is 0 Å². The molecule has 112 valence electrons. The number of carboxylic acid groups (broad SMARTS) is 1. The van der Waals surface area contributed by atoms with Crippen molar-refractivity contribution in [2.45, 2.75) is 39.2 Å². The van der Waals surface area contributed by atoms with E-state index in [0.29, 0.717) is 24.4 Å². The molecule has 21 heavy (non-hydrogen) atoms. The van der Waals surface area contributed by atoms with Gasteiger partial charge in [0.1, 0.15) is 0 Å². The second-order valence-electron chi connectivity index (χ2n) is 6.01. The maximum atomic E-state index is 11.6. The van der Waals surface area contributed by atoms with Crippen molar-refractivity contribution in [3.63, 3.8) is 0 Å². The first-order valence-electron chi connectivity index (χ1n) is 7.60. The second-order valence-corrected chi connectivity index (χ2v) is 6.01. The minimum absolute atomic E-state index is 0.125. The van der Waals surface area contributed by atoms with Gasteiger partial charge in [0, 0.05) is 24.2 Å². The SMILES string of the molecule is CC1CCc2c(c3cccc(C(=O)O)c3n2CCCO)C1. The maximum Gasteiger partial charge on any atom is 0.337 e. The van der Waals surface area contributed by atoms with Crippen LogP contribution in [0.5, 0.6) is 0 Å². The summed E-state index contributed by atoms with van der Waals surface area (Å²) in [5.41, 5.74) is 3.78. The molecule has 1 aliphatic rings. The molecule has 0 amide bonds. The summed E-state index contributed by atoms with van der Waals surface area (Å²) in [6.45, 7) is 3.06. The lowest BCUT2D eigenvalue weighted by Crippen LogP contribution is -2.14. The molecule has 0 saturated carbocycles. The topological polar surface area (TPSA) is 62.5 Å².